The SMILES string of the molecule is c1ccc(-c2cccc(-c3nc(-n4c5ccccc5c5cc6c(ccc7sc8ccccc8c76)cc54)c4oc5c6ccccc6c6ccccc6c5c4n3)c2)cc1. The lowest BCUT2D eigenvalue weighted by Gasteiger charge is -2.11. The molecule has 0 saturated heterocycles. The number of hydrogen-bond donors (Lipinski definition) is 0. The van der Waals surface area contributed by atoms with Crippen LogP contribution in [-0.4, -0.2) is 14.5 Å². The first-order valence-electron chi connectivity index (χ1n) is 19.2. The van der Waals surface area contributed by atoms with Gasteiger partial charge < -0.3 is 4.42 Å². The van der Waals surface area contributed by atoms with Crippen molar-refractivity contribution in [3.8, 4) is 28.3 Å². The molecule has 0 amide bonds. The summed E-state index contributed by atoms with van der Waals surface area (Å²) in [5.41, 5.74) is 7.62. The summed E-state index contributed by atoms with van der Waals surface area (Å²) in [7, 11) is 0. The highest BCUT2D eigenvalue weighted by Gasteiger charge is 2.25. The second-order valence-corrected chi connectivity index (χ2v) is 16.0. The summed E-state index contributed by atoms with van der Waals surface area (Å²) >= 11 is 1.86. The van der Waals surface area contributed by atoms with E-state index in [0.717, 1.165) is 71.6 Å². The number of thiophene rings is 1. The van der Waals surface area contributed by atoms with Crippen LogP contribution < -0.4 is 0 Å². The Morgan fingerprint density at radius 2 is 1.09 bits per heavy atom. The van der Waals surface area contributed by atoms with Gasteiger partial charge >= 0.3 is 0 Å². The van der Waals surface area contributed by atoms with E-state index in [1.807, 2.05) is 11.3 Å². The molecule has 0 saturated carbocycles. The Labute approximate surface area is 329 Å². The van der Waals surface area contributed by atoms with E-state index in [0.29, 0.717) is 11.4 Å². The number of nitrogens with zero attached hydrogens (tertiary/aromatic N) is 3. The Morgan fingerprint density at radius 1 is 0.404 bits per heavy atom. The van der Waals surface area contributed by atoms with E-state index in [4.69, 9.17) is 14.4 Å². The zero-order valence-electron chi connectivity index (χ0n) is 30.4. The van der Waals surface area contributed by atoms with Crippen molar-refractivity contribution < 1.29 is 4.42 Å². The van der Waals surface area contributed by atoms with Gasteiger partial charge in [-0.3, -0.25) is 4.57 Å². The predicted octanol–water partition coefficient (Wildman–Crippen LogP) is 14.6. The van der Waals surface area contributed by atoms with Gasteiger partial charge in [-0.1, -0.05) is 140 Å². The second-order valence-electron chi connectivity index (χ2n) is 14.9. The van der Waals surface area contributed by atoms with Gasteiger partial charge in [0.05, 0.1) is 16.4 Å². The first kappa shape index (κ1) is 30.9. The summed E-state index contributed by atoms with van der Waals surface area (Å²) in [5, 5.41) is 12.9. The highest BCUT2D eigenvalue weighted by molar-refractivity contribution is 7.26. The third-order valence-corrected chi connectivity index (χ3v) is 12.9. The molecule has 0 aliphatic heterocycles. The van der Waals surface area contributed by atoms with Gasteiger partial charge in [0.1, 0.15) is 11.1 Å². The zero-order chi connectivity index (χ0) is 37.2. The third kappa shape index (κ3) is 4.37. The molecule has 264 valence electrons. The highest BCUT2D eigenvalue weighted by Crippen LogP contribution is 2.45. The monoisotopic (exact) mass is 743 g/mol. The van der Waals surface area contributed by atoms with Crippen LogP contribution in [0.1, 0.15) is 0 Å². The van der Waals surface area contributed by atoms with Crippen LogP contribution in [0.2, 0.25) is 0 Å². The van der Waals surface area contributed by atoms with Crippen LogP contribution in [0, 0.1) is 0 Å². The minimum absolute atomic E-state index is 0.647. The van der Waals surface area contributed by atoms with Crippen LogP contribution in [0.5, 0.6) is 0 Å². The molecule has 9 aromatic carbocycles. The summed E-state index contributed by atoms with van der Waals surface area (Å²) in [6.45, 7) is 0. The Kier molecular flexibility index (Phi) is 6.29. The molecule has 4 nitrogen and oxygen atoms in total. The van der Waals surface area contributed by atoms with E-state index < -0.39 is 0 Å². The molecule has 0 spiro atoms. The lowest BCUT2D eigenvalue weighted by Crippen LogP contribution is -2.02. The zero-order valence-corrected chi connectivity index (χ0v) is 31.2. The van der Waals surface area contributed by atoms with E-state index >= 15 is 0 Å². The molecule has 5 heteroatoms. The summed E-state index contributed by atoms with van der Waals surface area (Å²) in [6, 6.07) is 62.9. The average Bonchev–Trinajstić information content (AvgIpc) is 3.96. The van der Waals surface area contributed by atoms with Gasteiger partial charge in [-0.15, -0.1) is 11.3 Å². The van der Waals surface area contributed by atoms with Crippen LogP contribution >= 0.6 is 11.3 Å². The van der Waals surface area contributed by atoms with Gasteiger partial charge in [0.25, 0.3) is 0 Å². The first-order chi connectivity index (χ1) is 28.3. The van der Waals surface area contributed by atoms with Crippen molar-refractivity contribution in [3.05, 3.63) is 176 Å². The van der Waals surface area contributed by atoms with Crippen molar-refractivity contribution in [1.82, 2.24) is 14.5 Å². The molecule has 13 aromatic rings. The molecule has 0 N–H and O–H groups in total. The number of aromatic nitrogens is 3. The molecule has 57 heavy (non-hydrogen) atoms. The van der Waals surface area contributed by atoms with Gasteiger partial charge in [-0.2, -0.15) is 0 Å². The Balaban J connectivity index is 1.19. The van der Waals surface area contributed by atoms with Gasteiger partial charge in [0, 0.05) is 41.9 Å². The maximum Gasteiger partial charge on any atom is 0.197 e. The minimum Gasteiger partial charge on any atom is -0.450 e. The maximum absolute atomic E-state index is 7.15. The number of fused-ring (bicyclic) bond motifs is 16. The van der Waals surface area contributed by atoms with E-state index in [1.165, 1.54) is 41.7 Å². The van der Waals surface area contributed by atoms with E-state index in [2.05, 4.69) is 180 Å². The summed E-state index contributed by atoms with van der Waals surface area (Å²) < 4.78 is 12.1. The number of rotatable bonds is 3. The molecule has 4 heterocycles. The van der Waals surface area contributed by atoms with Crippen molar-refractivity contribution in [2.24, 2.45) is 0 Å². The fourth-order valence-corrected chi connectivity index (χ4v) is 10.4. The maximum atomic E-state index is 7.15. The van der Waals surface area contributed by atoms with Crippen molar-refractivity contribution in [1.29, 1.82) is 0 Å². The Bertz CT molecular complexity index is 3820. The standard InChI is InChI=1S/C52H29N3OS/c1-2-13-30(14-3-1)31-15-12-16-33(27-31)51-53-48-47-37-20-6-4-17-34(37)35-18-5-7-21-38(35)49(47)56-50(48)52(54-51)55-42-23-10-8-19-36(42)41-29-40-32(28-43(41)55)25-26-45-46(40)39-22-9-11-24-44(39)57-45/h1-29H. The van der Waals surface area contributed by atoms with Crippen LogP contribution in [0.25, 0.3) is 125 Å². The smallest absolute Gasteiger partial charge is 0.197 e. The molecular weight excluding hydrogens is 715 g/mol. The van der Waals surface area contributed by atoms with Crippen LogP contribution in [0.3, 0.4) is 0 Å². The topological polar surface area (TPSA) is 43.9 Å². The van der Waals surface area contributed by atoms with Crippen molar-refractivity contribution >= 4 is 108 Å². The molecule has 0 radical (unpaired) electrons. The second kappa shape index (κ2) is 11.6. The third-order valence-electron chi connectivity index (χ3n) is 11.8. The molecule has 13 rings (SSSR count). The summed E-state index contributed by atoms with van der Waals surface area (Å²) in [5.74, 6) is 1.37. The molecule has 0 aliphatic carbocycles. The van der Waals surface area contributed by atoms with Crippen LogP contribution in [0.15, 0.2) is 180 Å². The highest BCUT2D eigenvalue weighted by atomic mass is 32.1. The number of hydrogen-bond acceptors (Lipinski definition) is 4. The van der Waals surface area contributed by atoms with Crippen molar-refractivity contribution in [3.63, 3.8) is 0 Å². The van der Waals surface area contributed by atoms with Gasteiger partial charge in [-0.25, -0.2) is 9.97 Å². The molecule has 0 bridgehead atoms. The predicted molar refractivity (Wildman–Crippen MR) is 240 cm³/mol. The lowest BCUT2D eigenvalue weighted by atomic mass is 9.98. The lowest BCUT2D eigenvalue weighted by molar-refractivity contribution is 0.666. The first-order valence-corrected chi connectivity index (χ1v) is 20.1. The minimum atomic E-state index is 0.647. The molecule has 0 aliphatic rings. The molecule has 0 fully saturated rings. The van der Waals surface area contributed by atoms with Crippen LogP contribution in [0.4, 0.5) is 0 Å². The fourth-order valence-electron chi connectivity index (χ4n) is 9.24. The normalized spacial score (nSPS) is 12.2. The quantitative estimate of drug-likeness (QED) is 0.169. The fraction of sp³-hybridized carbons (Fsp3) is 0. The van der Waals surface area contributed by atoms with E-state index in [1.54, 1.807) is 0 Å². The van der Waals surface area contributed by atoms with Crippen molar-refractivity contribution in [2.75, 3.05) is 0 Å². The Morgan fingerprint density at radius 3 is 1.95 bits per heavy atom. The molecule has 4 aromatic heterocycles. The number of para-hydroxylation sites is 1. The number of benzene rings is 9. The van der Waals surface area contributed by atoms with Gasteiger partial charge in [0.15, 0.2) is 17.2 Å². The molecular formula is C52H29N3OS. The van der Waals surface area contributed by atoms with E-state index in [9.17, 15) is 0 Å². The summed E-state index contributed by atoms with van der Waals surface area (Å²) in [4.78, 5) is 11.0. The average molecular weight is 744 g/mol. The van der Waals surface area contributed by atoms with Gasteiger partial charge in [-0.05, 0) is 74.5 Å². The summed E-state index contributed by atoms with van der Waals surface area (Å²) in [6.07, 6.45) is 0. The Hall–Kier alpha value is -7.34. The van der Waals surface area contributed by atoms with E-state index in [-0.39, 0.29) is 0 Å². The van der Waals surface area contributed by atoms with Gasteiger partial charge in [0.2, 0.25) is 0 Å². The van der Waals surface area contributed by atoms with Crippen LogP contribution in [-0.2, 0) is 0 Å². The molecule has 0 atom stereocenters. The molecule has 0 unspecified atom stereocenters. The van der Waals surface area contributed by atoms with Crippen molar-refractivity contribution in [2.45, 2.75) is 0 Å². The number of furan rings is 1. The largest absolute Gasteiger partial charge is 0.450 e.